The third-order valence-corrected chi connectivity index (χ3v) is 4.57. The van der Waals surface area contributed by atoms with E-state index in [1.165, 1.54) is 0 Å². The van der Waals surface area contributed by atoms with E-state index in [0.29, 0.717) is 36.9 Å². The number of nitrogens with zero attached hydrogens (tertiary/aromatic N) is 4. The summed E-state index contributed by atoms with van der Waals surface area (Å²) >= 11 is 0. The highest BCUT2D eigenvalue weighted by molar-refractivity contribution is 5.42. The molecule has 26 heavy (non-hydrogen) atoms. The maximum atomic E-state index is 13.2. The number of aromatic nitrogens is 2. The monoisotopic (exact) mass is 374 g/mol. The lowest BCUT2D eigenvalue weighted by atomic mass is 10.1. The summed E-state index contributed by atoms with van der Waals surface area (Å²) in [4.78, 5) is 11.7. The number of halogens is 3. The van der Waals surface area contributed by atoms with E-state index in [0.717, 1.165) is 13.1 Å². The lowest BCUT2D eigenvalue weighted by Gasteiger charge is -2.42. The van der Waals surface area contributed by atoms with Gasteiger partial charge in [-0.3, -0.25) is 4.90 Å². The number of piperazine rings is 1. The maximum absolute atomic E-state index is 13.2. The van der Waals surface area contributed by atoms with Crippen LogP contribution in [0.5, 0.6) is 0 Å². The number of hydrogen-bond acceptors (Lipinski definition) is 5. The highest BCUT2D eigenvalue weighted by Gasteiger charge is 2.37. The van der Waals surface area contributed by atoms with Crippen LogP contribution in [0.1, 0.15) is 51.6 Å². The van der Waals surface area contributed by atoms with Gasteiger partial charge in [-0.2, -0.15) is 13.2 Å². The summed E-state index contributed by atoms with van der Waals surface area (Å²) in [7, 11) is 0. The van der Waals surface area contributed by atoms with Crippen molar-refractivity contribution in [2.75, 3.05) is 37.7 Å². The lowest BCUT2D eigenvalue weighted by Crippen LogP contribution is -2.54. The molecule has 0 bridgehead atoms. The summed E-state index contributed by atoms with van der Waals surface area (Å²) in [6.07, 6.45) is -3.97. The average molecular weight is 374 g/mol. The van der Waals surface area contributed by atoms with Crippen LogP contribution < -0.4 is 4.90 Å². The molecule has 1 N–H and O–H groups in total. The van der Waals surface area contributed by atoms with Gasteiger partial charge >= 0.3 is 6.18 Å². The molecule has 1 atom stereocenters. The van der Waals surface area contributed by atoms with Gasteiger partial charge in [-0.15, -0.1) is 0 Å². The molecule has 1 saturated heterocycles. The molecule has 1 aliphatic rings. The quantitative estimate of drug-likeness (QED) is 0.829. The van der Waals surface area contributed by atoms with Crippen molar-refractivity contribution in [2.45, 2.75) is 52.3 Å². The molecule has 5 nitrogen and oxygen atoms in total. The first kappa shape index (κ1) is 20.9. The molecule has 1 aliphatic heterocycles. The summed E-state index contributed by atoms with van der Waals surface area (Å²) in [6.45, 7) is 10.8. The summed E-state index contributed by atoms with van der Waals surface area (Å²) in [5.41, 5.74) is 0.394. The summed E-state index contributed by atoms with van der Waals surface area (Å²) in [6, 6.07) is 1.76. The Morgan fingerprint density at radius 2 is 1.88 bits per heavy atom. The van der Waals surface area contributed by atoms with Crippen LogP contribution in [-0.2, 0) is 6.18 Å². The molecular weight excluding hydrogens is 345 g/mol. The smallest absolute Gasteiger partial charge is 0.396 e. The Hall–Kier alpha value is -1.41. The van der Waals surface area contributed by atoms with Crippen LogP contribution in [0.2, 0.25) is 0 Å². The average Bonchev–Trinajstić information content (AvgIpc) is 2.55. The predicted molar refractivity (Wildman–Crippen MR) is 95.2 cm³/mol. The fourth-order valence-electron chi connectivity index (χ4n) is 3.27. The van der Waals surface area contributed by atoms with Crippen molar-refractivity contribution < 1.29 is 18.3 Å². The van der Waals surface area contributed by atoms with E-state index >= 15 is 0 Å². The van der Waals surface area contributed by atoms with Gasteiger partial charge in [0, 0.05) is 50.6 Å². The third kappa shape index (κ3) is 5.30. The van der Waals surface area contributed by atoms with E-state index in [-0.39, 0.29) is 18.6 Å². The number of aliphatic hydroxyl groups excluding tert-OH is 1. The van der Waals surface area contributed by atoms with Gasteiger partial charge in [0.15, 0.2) is 0 Å². The first-order valence-corrected chi connectivity index (χ1v) is 9.17. The van der Waals surface area contributed by atoms with Gasteiger partial charge in [0.05, 0.1) is 0 Å². The van der Waals surface area contributed by atoms with Crippen molar-refractivity contribution in [1.29, 1.82) is 0 Å². The number of anilines is 1. The van der Waals surface area contributed by atoms with Crippen molar-refractivity contribution in [3.05, 3.63) is 17.6 Å². The molecule has 0 aromatic carbocycles. The van der Waals surface area contributed by atoms with Gasteiger partial charge in [0.2, 0.25) is 5.82 Å². The molecule has 0 unspecified atom stereocenters. The van der Waals surface area contributed by atoms with Gasteiger partial charge in [-0.05, 0) is 18.3 Å². The van der Waals surface area contributed by atoms with Crippen LogP contribution in [0.25, 0.3) is 0 Å². The summed E-state index contributed by atoms with van der Waals surface area (Å²) in [5.74, 6) is -0.385. The number of aliphatic hydroxyl groups is 1. The van der Waals surface area contributed by atoms with Gasteiger partial charge in [0.1, 0.15) is 5.82 Å². The van der Waals surface area contributed by atoms with Crippen LogP contribution in [0.15, 0.2) is 6.07 Å². The minimum absolute atomic E-state index is 0.0575. The number of hydrogen-bond donors (Lipinski definition) is 1. The highest BCUT2D eigenvalue weighted by Crippen LogP contribution is 2.30. The van der Waals surface area contributed by atoms with E-state index < -0.39 is 12.0 Å². The van der Waals surface area contributed by atoms with Gasteiger partial charge < -0.3 is 10.0 Å². The maximum Gasteiger partial charge on any atom is 0.451 e. The number of rotatable bonds is 6. The molecule has 8 heteroatoms. The van der Waals surface area contributed by atoms with E-state index in [4.69, 9.17) is 0 Å². The minimum Gasteiger partial charge on any atom is -0.396 e. The van der Waals surface area contributed by atoms with E-state index in [1.807, 2.05) is 18.7 Å². The second kappa shape index (κ2) is 8.52. The van der Waals surface area contributed by atoms with Crippen LogP contribution in [0.3, 0.4) is 0 Å². The number of alkyl halides is 3. The van der Waals surface area contributed by atoms with Gasteiger partial charge in [0.25, 0.3) is 0 Å². The van der Waals surface area contributed by atoms with Crippen LogP contribution in [-0.4, -0.2) is 58.8 Å². The van der Waals surface area contributed by atoms with Crippen LogP contribution >= 0.6 is 0 Å². The zero-order chi connectivity index (χ0) is 19.5. The summed E-state index contributed by atoms with van der Waals surface area (Å²) in [5, 5.41) is 9.38. The molecule has 0 aliphatic carbocycles. The molecule has 0 amide bonds. The molecule has 148 valence electrons. The van der Waals surface area contributed by atoms with E-state index in [9.17, 15) is 18.3 Å². The SMILES string of the molecule is CC(C)CN1CCN(c2cc(C(C)C)nc(C(F)(F)F)n2)C[C@H]1CCO. The van der Waals surface area contributed by atoms with Crippen LogP contribution in [0, 0.1) is 5.92 Å². The molecule has 2 heterocycles. The molecule has 1 aromatic heterocycles. The summed E-state index contributed by atoms with van der Waals surface area (Å²) < 4.78 is 39.6. The van der Waals surface area contributed by atoms with Crippen molar-refractivity contribution in [1.82, 2.24) is 14.9 Å². The fourth-order valence-corrected chi connectivity index (χ4v) is 3.27. The predicted octanol–water partition coefficient (Wildman–Crippen LogP) is 3.15. The highest BCUT2D eigenvalue weighted by atomic mass is 19.4. The molecule has 1 aromatic rings. The first-order valence-electron chi connectivity index (χ1n) is 9.17. The van der Waals surface area contributed by atoms with Crippen molar-refractivity contribution in [2.24, 2.45) is 5.92 Å². The minimum atomic E-state index is -4.57. The zero-order valence-corrected chi connectivity index (χ0v) is 15.9. The molecule has 1 fully saturated rings. The Bertz CT molecular complexity index is 592. The standard InChI is InChI=1S/C18H29F3N4O/c1-12(2)10-24-6-7-25(11-14(24)5-8-26)16-9-15(13(3)4)22-17(23-16)18(19,20)21/h9,12-14,26H,5-8,10-11H2,1-4H3/t14-/m1/s1. The molecular formula is C18H29F3N4O. The molecule has 0 radical (unpaired) electrons. The second-order valence-electron chi connectivity index (χ2n) is 7.63. The zero-order valence-electron chi connectivity index (χ0n) is 15.9. The van der Waals surface area contributed by atoms with Crippen molar-refractivity contribution in [3.8, 4) is 0 Å². The largest absolute Gasteiger partial charge is 0.451 e. The Morgan fingerprint density at radius 3 is 2.42 bits per heavy atom. The third-order valence-electron chi connectivity index (χ3n) is 4.57. The normalized spacial score (nSPS) is 19.6. The second-order valence-corrected chi connectivity index (χ2v) is 7.63. The molecule has 0 saturated carbocycles. The fraction of sp³-hybridized carbons (Fsp3) is 0.778. The van der Waals surface area contributed by atoms with E-state index in [2.05, 4.69) is 28.7 Å². The van der Waals surface area contributed by atoms with E-state index in [1.54, 1.807) is 6.07 Å². The topological polar surface area (TPSA) is 52.5 Å². The van der Waals surface area contributed by atoms with Gasteiger partial charge in [-0.1, -0.05) is 27.7 Å². The lowest BCUT2D eigenvalue weighted by molar-refractivity contribution is -0.145. The van der Waals surface area contributed by atoms with Crippen LogP contribution in [0.4, 0.5) is 19.0 Å². The van der Waals surface area contributed by atoms with Gasteiger partial charge in [-0.25, -0.2) is 9.97 Å². The molecule has 2 rings (SSSR count). The molecule has 0 spiro atoms. The Morgan fingerprint density at radius 1 is 1.19 bits per heavy atom. The Balaban J connectivity index is 2.28. The Labute approximate surface area is 153 Å². The first-order chi connectivity index (χ1) is 12.1. The Kier molecular flexibility index (Phi) is 6.85. The van der Waals surface area contributed by atoms with Crippen molar-refractivity contribution >= 4 is 5.82 Å². The van der Waals surface area contributed by atoms with Crippen molar-refractivity contribution in [3.63, 3.8) is 0 Å².